The van der Waals surface area contributed by atoms with Crippen LogP contribution >= 0.6 is 0 Å². The lowest BCUT2D eigenvalue weighted by Gasteiger charge is -2.11. The van der Waals surface area contributed by atoms with Gasteiger partial charge >= 0.3 is 0 Å². The van der Waals surface area contributed by atoms with E-state index < -0.39 is 9.84 Å². The lowest BCUT2D eigenvalue weighted by atomic mass is 10.1. The Labute approximate surface area is 345 Å². The predicted molar refractivity (Wildman–Crippen MR) is 234 cm³/mol. The molecule has 0 spiro atoms. The average Bonchev–Trinajstić information content (AvgIpc) is 3.22. The Kier molecular flexibility index (Phi) is 11.0. The molecule has 7 heteroatoms. The topological polar surface area (TPSA) is 71.1 Å². The van der Waals surface area contributed by atoms with Crippen molar-refractivity contribution in [2.24, 2.45) is 0 Å². The average molecular weight is 795 g/mol. The number of ether oxygens (including phenoxy) is 4. The van der Waals surface area contributed by atoms with Crippen LogP contribution in [-0.4, -0.2) is 8.42 Å². The molecule has 0 amide bonds. The van der Waals surface area contributed by atoms with Crippen LogP contribution in [0.5, 0.6) is 46.0 Å². The molecule has 59 heavy (non-hydrogen) atoms. The molecule has 0 heterocycles. The summed E-state index contributed by atoms with van der Waals surface area (Å²) in [6.07, 6.45) is 0. The number of aryl methyl sites for hydroxylation is 4. The molecule has 0 aliphatic heterocycles. The Morgan fingerprint density at radius 1 is 0.271 bits per heavy atom. The number of hydrogen-bond acceptors (Lipinski definition) is 6. The van der Waals surface area contributed by atoms with Crippen molar-refractivity contribution >= 4 is 9.84 Å². The first-order valence-electron chi connectivity index (χ1n) is 19.3. The van der Waals surface area contributed by atoms with Gasteiger partial charge in [0.15, 0.2) is 0 Å². The summed E-state index contributed by atoms with van der Waals surface area (Å²) in [5, 5.41) is 0. The molecule has 0 saturated carbocycles. The zero-order valence-corrected chi connectivity index (χ0v) is 34.0. The summed E-state index contributed by atoms with van der Waals surface area (Å²) in [6.45, 7) is 8.23. The van der Waals surface area contributed by atoms with E-state index in [1.807, 2.05) is 121 Å². The monoisotopic (exact) mass is 794 g/mol. The van der Waals surface area contributed by atoms with Crippen molar-refractivity contribution < 1.29 is 27.4 Å². The lowest BCUT2D eigenvalue weighted by Crippen LogP contribution is -2.01. The van der Waals surface area contributed by atoms with Crippen LogP contribution in [0.15, 0.2) is 192 Å². The summed E-state index contributed by atoms with van der Waals surface area (Å²) in [4.78, 5) is 0.332. The zero-order chi connectivity index (χ0) is 40.9. The van der Waals surface area contributed by atoms with Gasteiger partial charge in [-0.25, -0.2) is 8.42 Å². The second-order valence-corrected chi connectivity index (χ2v) is 16.5. The molecule has 8 aromatic carbocycles. The summed E-state index contributed by atoms with van der Waals surface area (Å²) in [5.41, 5.74) is 8.79. The van der Waals surface area contributed by atoms with Crippen LogP contribution in [0.3, 0.4) is 0 Å². The van der Waals surface area contributed by atoms with Crippen molar-refractivity contribution in [3.05, 3.63) is 204 Å². The lowest BCUT2D eigenvalue weighted by molar-refractivity contribution is 0.481. The van der Waals surface area contributed by atoms with E-state index in [0.29, 0.717) is 23.0 Å². The molecule has 8 aromatic rings. The van der Waals surface area contributed by atoms with Crippen molar-refractivity contribution in [2.75, 3.05) is 0 Å². The maximum Gasteiger partial charge on any atom is 0.206 e. The molecule has 0 aliphatic rings. The summed E-state index contributed by atoms with van der Waals surface area (Å²) >= 11 is 0. The van der Waals surface area contributed by atoms with Crippen LogP contribution in [-0.2, 0) is 9.84 Å². The number of rotatable bonds is 12. The fraction of sp³-hybridized carbons (Fsp3) is 0.0769. The van der Waals surface area contributed by atoms with E-state index in [-0.39, 0.29) is 9.79 Å². The van der Waals surface area contributed by atoms with Gasteiger partial charge in [0.25, 0.3) is 0 Å². The molecule has 0 aromatic heterocycles. The Hall–Kier alpha value is -7.09. The fourth-order valence-corrected chi connectivity index (χ4v) is 8.16. The zero-order valence-electron chi connectivity index (χ0n) is 33.2. The Bertz CT molecular complexity index is 2580. The van der Waals surface area contributed by atoms with Crippen LogP contribution in [0.25, 0.3) is 22.3 Å². The predicted octanol–water partition coefficient (Wildman–Crippen LogP) is 14.3. The molecule has 0 saturated heterocycles. The van der Waals surface area contributed by atoms with Crippen LogP contribution in [0, 0.1) is 27.7 Å². The maximum absolute atomic E-state index is 13.5. The Morgan fingerprint density at radius 2 is 0.475 bits per heavy atom. The SMILES string of the molecule is Cc1cc(C)cc(Oc2ccc(-c3ccc(Oc4ccc(S(=O)(=O)c5ccc(Oc6ccc(-c7ccc(Oc8cc(C)cc(C)c8)cc7)cc6)cc5)cc4)cc3)cc2)c1. The Morgan fingerprint density at radius 3 is 0.712 bits per heavy atom. The summed E-state index contributed by atoms with van der Waals surface area (Å²) < 4.78 is 51.2. The van der Waals surface area contributed by atoms with Crippen LogP contribution in [0.1, 0.15) is 22.3 Å². The first-order valence-corrected chi connectivity index (χ1v) is 20.8. The molecule has 6 nitrogen and oxygen atoms in total. The van der Waals surface area contributed by atoms with Gasteiger partial charge in [-0.2, -0.15) is 0 Å². The third kappa shape index (κ3) is 9.55. The highest BCUT2D eigenvalue weighted by atomic mass is 32.2. The van der Waals surface area contributed by atoms with Gasteiger partial charge in [-0.15, -0.1) is 0 Å². The van der Waals surface area contributed by atoms with Crippen molar-refractivity contribution in [1.29, 1.82) is 0 Å². The molecule has 8 rings (SSSR count). The molecule has 0 aliphatic carbocycles. The minimum atomic E-state index is -3.77. The first kappa shape index (κ1) is 38.8. The molecular formula is C52H42O6S. The van der Waals surface area contributed by atoms with E-state index in [2.05, 4.69) is 39.8 Å². The van der Waals surface area contributed by atoms with Gasteiger partial charge < -0.3 is 18.9 Å². The first-order chi connectivity index (χ1) is 28.5. The highest BCUT2D eigenvalue weighted by Gasteiger charge is 2.18. The quantitative estimate of drug-likeness (QED) is 0.123. The molecule has 0 bridgehead atoms. The third-order valence-electron chi connectivity index (χ3n) is 9.69. The van der Waals surface area contributed by atoms with Gasteiger partial charge in [0.1, 0.15) is 46.0 Å². The highest BCUT2D eigenvalue weighted by molar-refractivity contribution is 7.91. The standard InChI is InChI=1S/C52H42O6S/c1-35-29-36(2)32-49(31-35)57-45-17-9-41(10-18-45)39-5-13-43(14-6-39)55-47-21-25-51(26-22-47)59(53,54)52-27-23-48(24-28-52)56-44-15-7-40(8-16-44)42-11-19-46(20-12-42)58-50-33-37(3)30-38(4)34-50/h5-34H,1-4H3. The van der Waals surface area contributed by atoms with Crippen molar-refractivity contribution in [2.45, 2.75) is 37.5 Å². The van der Waals surface area contributed by atoms with Gasteiger partial charge in [-0.3, -0.25) is 0 Å². The van der Waals surface area contributed by atoms with Crippen molar-refractivity contribution in [3.63, 3.8) is 0 Å². The van der Waals surface area contributed by atoms with Crippen LogP contribution in [0.4, 0.5) is 0 Å². The minimum absolute atomic E-state index is 0.166. The normalized spacial score (nSPS) is 11.2. The smallest absolute Gasteiger partial charge is 0.206 e. The highest BCUT2D eigenvalue weighted by Crippen LogP contribution is 2.33. The molecule has 0 unspecified atom stereocenters. The van der Waals surface area contributed by atoms with Gasteiger partial charge in [0.05, 0.1) is 9.79 Å². The van der Waals surface area contributed by atoms with Gasteiger partial charge in [-0.1, -0.05) is 60.7 Å². The van der Waals surface area contributed by atoms with Gasteiger partial charge in [0, 0.05) is 0 Å². The van der Waals surface area contributed by atoms with Crippen molar-refractivity contribution in [3.8, 4) is 68.2 Å². The molecule has 0 N–H and O–H groups in total. The Balaban J connectivity index is 0.845. The molecule has 0 fully saturated rings. The van der Waals surface area contributed by atoms with E-state index in [1.54, 1.807) is 48.5 Å². The molecular weight excluding hydrogens is 753 g/mol. The molecule has 292 valence electrons. The largest absolute Gasteiger partial charge is 0.457 e. The number of sulfone groups is 1. The molecule has 0 atom stereocenters. The number of benzene rings is 8. The minimum Gasteiger partial charge on any atom is -0.457 e. The maximum atomic E-state index is 13.5. The van der Waals surface area contributed by atoms with Crippen molar-refractivity contribution in [1.82, 2.24) is 0 Å². The van der Waals surface area contributed by atoms with E-state index in [9.17, 15) is 8.42 Å². The summed E-state index contributed by atoms with van der Waals surface area (Å²) in [5.74, 6) is 5.51. The second-order valence-electron chi connectivity index (χ2n) is 14.6. The second kappa shape index (κ2) is 16.8. The van der Waals surface area contributed by atoms with E-state index in [0.717, 1.165) is 67.5 Å². The summed E-state index contributed by atoms with van der Waals surface area (Å²) in [6, 6.07) is 56.6. The van der Waals surface area contributed by atoms with Crippen LogP contribution in [0.2, 0.25) is 0 Å². The fourth-order valence-electron chi connectivity index (χ4n) is 6.90. The van der Waals surface area contributed by atoms with Crippen LogP contribution < -0.4 is 18.9 Å². The van der Waals surface area contributed by atoms with E-state index in [1.165, 1.54) is 0 Å². The number of hydrogen-bond donors (Lipinski definition) is 0. The summed E-state index contributed by atoms with van der Waals surface area (Å²) in [7, 11) is -3.77. The van der Waals surface area contributed by atoms with E-state index in [4.69, 9.17) is 18.9 Å². The van der Waals surface area contributed by atoms with E-state index >= 15 is 0 Å². The van der Waals surface area contributed by atoms with Gasteiger partial charge in [0.2, 0.25) is 9.84 Å². The third-order valence-corrected chi connectivity index (χ3v) is 11.5. The molecule has 0 radical (unpaired) electrons. The van der Waals surface area contributed by atoms with Gasteiger partial charge in [-0.05, 0) is 194 Å².